The van der Waals surface area contributed by atoms with E-state index in [9.17, 15) is 4.79 Å². The first kappa shape index (κ1) is 8.92. The SMILES string of the molecule is C[C@@H]1Cc2cc([C@@H]3CO3)ccc2C(=O)O1. The minimum atomic E-state index is -0.202. The molecule has 2 heterocycles. The molecular formula is C12H12O3. The average molecular weight is 204 g/mol. The highest BCUT2D eigenvalue weighted by molar-refractivity contribution is 5.92. The molecule has 3 nitrogen and oxygen atoms in total. The van der Waals surface area contributed by atoms with Gasteiger partial charge in [-0.3, -0.25) is 0 Å². The molecule has 0 N–H and O–H groups in total. The van der Waals surface area contributed by atoms with E-state index < -0.39 is 0 Å². The Labute approximate surface area is 88.0 Å². The van der Waals surface area contributed by atoms with Crippen LogP contribution in [0.2, 0.25) is 0 Å². The first-order valence-electron chi connectivity index (χ1n) is 5.19. The monoisotopic (exact) mass is 204 g/mol. The molecule has 1 saturated heterocycles. The van der Waals surface area contributed by atoms with Gasteiger partial charge in [0.25, 0.3) is 0 Å². The van der Waals surface area contributed by atoms with Crippen molar-refractivity contribution in [2.45, 2.75) is 25.6 Å². The van der Waals surface area contributed by atoms with Crippen LogP contribution in [0.25, 0.3) is 0 Å². The summed E-state index contributed by atoms with van der Waals surface area (Å²) in [6.45, 7) is 2.72. The molecule has 1 aromatic carbocycles. The molecule has 2 atom stereocenters. The molecule has 3 rings (SSSR count). The Morgan fingerprint density at radius 1 is 1.40 bits per heavy atom. The van der Waals surface area contributed by atoms with E-state index in [2.05, 4.69) is 6.07 Å². The van der Waals surface area contributed by atoms with E-state index in [1.165, 1.54) is 5.56 Å². The molecule has 0 unspecified atom stereocenters. The number of ether oxygens (including phenoxy) is 2. The summed E-state index contributed by atoms with van der Waals surface area (Å²) in [4.78, 5) is 11.5. The lowest BCUT2D eigenvalue weighted by Gasteiger charge is -2.21. The summed E-state index contributed by atoms with van der Waals surface area (Å²) in [6, 6.07) is 5.87. The molecule has 2 aliphatic rings. The molecule has 78 valence electrons. The lowest BCUT2D eigenvalue weighted by Crippen LogP contribution is -2.25. The highest BCUT2D eigenvalue weighted by Crippen LogP contribution is 2.32. The minimum Gasteiger partial charge on any atom is -0.459 e. The van der Waals surface area contributed by atoms with Crippen LogP contribution in [0.4, 0.5) is 0 Å². The van der Waals surface area contributed by atoms with Crippen LogP contribution >= 0.6 is 0 Å². The zero-order valence-corrected chi connectivity index (χ0v) is 8.53. The van der Waals surface area contributed by atoms with Crippen LogP contribution in [0.1, 0.15) is 34.5 Å². The third kappa shape index (κ3) is 1.53. The van der Waals surface area contributed by atoms with Crippen molar-refractivity contribution in [1.29, 1.82) is 0 Å². The lowest BCUT2D eigenvalue weighted by molar-refractivity contribution is 0.0301. The van der Waals surface area contributed by atoms with E-state index >= 15 is 0 Å². The number of cyclic esters (lactones) is 1. The second kappa shape index (κ2) is 3.07. The maximum atomic E-state index is 11.5. The van der Waals surface area contributed by atoms with Crippen molar-refractivity contribution in [3.8, 4) is 0 Å². The first-order valence-corrected chi connectivity index (χ1v) is 5.19. The van der Waals surface area contributed by atoms with E-state index in [0.717, 1.165) is 18.6 Å². The van der Waals surface area contributed by atoms with Crippen molar-refractivity contribution >= 4 is 5.97 Å². The van der Waals surface area contributed by atoms with E-state index in [0.29, 0.717) is 5.56 Å². The third-order valence-corrected chi connectivity index (χ3v) is 2.87. The van der Waals surface area contributed by atoms with Crippen molar-refractivity contribution in [2.24, 2.45) is 0 Å². The predicted molar refractivity (Wildman–Crippen MR) is 53.7 cm³/mol. The van der Waals surface area contributed by atoms with Gasteiger partial charge in [0.1, 0.15) is 12.2 Å². The van der Waals surface area contributed by atoms with Gasteiger partial charge < -0.3 is 9.47 Å². The fourth-order valence-electron chi connectivity index (χ4n) is 2.02. The Hall–Kier alpha value is -1.35. The summed E-state index contributed by atoms with van der Waals surface area (Å²) < 4.78 is 10.4. The highest BCUT2D eigenvalue weighted by Gasteiger charge is 2.28. The summed E-state index contributed by atoms with van der Waals surface area (Å²) in [5.41, 5.74) is 2.97. The van der Waals surface area contributed by atoms with Gasteiger partial charge in [0.05, 0.1) is 12.2 Å². The number of carbonyl (C=O) groups excluding carboxylic acids is 1. The second-order valence-electron chi connectivity index (χ2n) is 4.16. The Morgan fingerprint density at radius 2 is 2.20 bits per heavy atom. The summed E-state index contributed by atoms with van der Waals surface area (Å²) >= 11 is 0. The maximum absolute atomic E-state index is 11.5. The van der Waals surface area contributed by atoms with Crippen molar-refractivity contribution in [2.75, 3.05) is 6.61 Å². The average Bonchev–Trinajstić information content (AvgIpc) is 2.99. The number of esters is 1. The molecule has 3 heteroatoms. The molecular weight excluding hydrogens is 192 g/mol. The number of carbonyl (C=O) groups is 1. The molecule has 1 fully saturated rings. The molecule has 2 aliphatic heterocycles. The number of epoxide rings is 1. The van der Waals surface area contributed by atoms with Crippen LogP contribution in [-0.2, 0) is 15.9 Å². The summed E-state index contributed by atoms with van der Waals surface area (Å²) in [5, 5.41) is 0. The van der Waals surface area contributed by atoms with Crippen molar-refractivity contribution in [3.05, 3.63) is 34.9 Å². The molecule has 0 amide bonds. The number of hydrogen-bond donors (Lipinski definition) is 0. The summed E-state index contributed by atoms with van der Waals surface area (Å²) in [5.74, 6) is -0.202. The zero-order valence-electron chi connectivity index (χ0n) is 8.53. The molecule has 0 aromatic heterocycles. The molecule has 0 aliphatic carbocycles. The smallest absolute Gasteiger partial charge is 0.338 e. The standard InChI is InChI=1S/C12H12O3/c1-7-4-9-5-8(11-6-14-11)2-3-10(9)12(13)15-7/h2-3,5,7,11H,4,6H2,1H3/t7-,11+/m1/s1. The van der Waals surface area contributed by atoms with Crippen LogP contribution in [0.5, 0.6) is 0 Å². The van der Waals surface area contributed by atoms with Crippen LogP contribution in [-0.4, -0.2) is 18.7 Å². The van der Waals surface area contributed by atoms with Crippen LogP contribution in [0, 0.1) is 0 Å². The Balaban J connectivity index is 2.02. The molecule has 1 aromatic rings. The highest BCUT2D eigenvalue weighted by atomic mass is 16.6. The number of benzene rings is 1. The Morgan fingerprint density at radius 3 is 2.93 bits per heavy atom. The van der Waals surface area contributed by atoms with Crippen molar-refractivity contribution in [1.82, 2.24) is 0 Å². The fraction of sp³-hybridized carbons (Fsp3) is 0.417. The largest absolute Gasteiger partial charge is 0.459 e. The topological polar surface area (TPSA) is 38.8 Å². The van der Waals surface area contributed by atoms with Gasteiger partial charge in [0.2, 0.25) is 0 Å². The third-order valence-electron chi connectivity index (χ3n) is 2.87. The lowest BCUT2D eigenvalue weighted by atomic mass is 9.96. The van der Waals surface area contributed by atoms with Gasteiger partial charge in [-0.15, -0.1) is 0 Å². The molecule has 15 heavy (non-hydrogen) atoms. The van der Waals surface area contributed by atoms with Gasteiger partial charge in [-0.1, -0.05) is 12.1 Å². The summed E-state index contributed by atoms with van der Waals surface area (Å²) in [7, 11) is 0. The van der Waals surface area contributed by atoms with Crippen molar-refractivity contribution in [3.63, 3.8) is 0 Å². The van der Waals surface area contributed by atoms with Gasteiger partial charge in [-0.05, 0) is 24.1 Å². The zero-order chi connectivity index (χ0) is 10.4. The molecule has 0 radical (unpaired) electrons. The van der Waals surface area contributed by atoms with Gasteiger partial charge >= 0.3 is 5.97 Å². The molecule has 0 saturated carbocycles. The number of rotatable bonds is 1. The fourth-order valence-corrected chi connectivity index (χ4v) is 2.02. The Kier molecular flexibility index (Phi) is 1.83. The van der Waals surface area contributed by atoms with Crippen LogP contribution < -0.4 is 0 Å². The first-order chi connectivity index (χ1) is 7.24. The Bertz CT molecular complexity index is 421. The van der Waals surface area contributed by atoms with Crippen LogP contribution in [0.15, 0.2) is 18.2 Å². The van der Waals surface area contributed by atoms with Gasteiger partial charge in [-0.2, -0.15) is 0 Å². The maximum Gasteiger partial charge on any atom is 0.338 e. The van der Waals surface area contributed by atoms with Gasteiger partial charge in [-0.25, -0.2) is 4.79 Å². The van der Waals surface area contributed by atoms with E-state index in [-0.39, 0.29) is 18.2 Å². The van der Waals surface area contributed by atoms with E-state index in [1.54, 1.807) is 0 Å². The quantitative estimate of drug-likeness (QED) is 0.517. The molecule has 0 bridgehead atoms. The normalized spacial score (nSPS) is 28.2. The van der Waals surface area contributed by atoms with E-state index in [4.69, 9.17) is 9.47 Å². The van der Waals surface area contributed by atoms with Crippen LogP contribution in [0.3, 0.4) is 0 Å². The van der Waals surface area contributed by atoms with Gasteiger partial charge in [0, 0.05) is 6.42 Å². The molecule has 0 spiro atoms. The number of hydrogen-bond acceptors (Lipinski definition) is 3. The summed E-state index contributed by atoms with van der Waals surface area (Å²) in [6.07, 6.45) is 1.05. The predicted octanol–water partition coefficient (Wildman–Crippen LogP) is 1.86. The minimum absolute atomic E-state index is 0.0135. The van der Waals surface area contributed by atoms with E-state index in [1.807, 2.05) is 19.1 Å². The second-order valence-corrected chi connectivity index (χ2v) is 4.16. The van der Waals surface area contributed by atoms with Crippen molar-refractivity contribution < 1.29 is 14.3 Å². The van der Waals surface area contributed by atoms with Gasteiger partial charge in [0.15, 0.2) is 0 Å². The number of fused-ring (bicyclic) bond motifs is 1.